The minimum Gasteiger partial charge on any atom is -0.481 e. The Hall–Kier alpha value is -1.80. The van der Waals surface area contributed by atoms with Gasteiger partial charge in [0.05, 0.1) is 11.3 Å². The second-order valence-electron chi connectivity index (χ2n) is 7.38. The molecule has 1 spiro atoms. The predicted octanol–water partition coefficient (Wildman–Crippen LogP) is 2.39. The highest BCUT2D eigenvalue weighted by Crippen LogP contribution is 2.45. The number of carboxylic acids is 1. The third-order valence-corrected chi connectivity index (χ3v) is 6.97. The summed E-state index contributed by atoms with van der Waals surface area (Å²) in [5.74, 6) is 0.651. The van der Waals surface area contributed by atoms with Gasteiger partial charge in [-0.1, -0.05) is 6.42 Å². The smallest absolute Gasteiger partial charge is 0.304 e. The van der Waals surface area contributed by atoms with Gasteiger partial charge in [-0.15, -0.1) is 11.8 Å². The van der Waals surface area contributed by atoms with Gasteiger partial charge in [-0.3, -0.25) is 9.20 Å². The number of carbonyl (C=O) groups is 1. The molecule has 26 heavy (non-hydrogen) atoms. The summed E-state index contributed by atoms with van der Waals surface area (Å²) >= 11 is 1.49. The van der Waals surface area contributed by atoms with Crippen molar-refractivity contribution >= 4 is 29.3 Å². The lowest BCUT2D eigenvalue weighted by molar-refractivity contribution is -0.136. The lowest BCUT2D eigenvalue weighted by Gasteiger charge is -2.42. The molecule has 7 nitrogen and oxygen atoms in total. The van der Waals surface area contributed by atoms with Crippen LogP contribution in [0.25, 0.3) is 5.65 Å². The van der Waals surface area contributed by atoms with E-state index in [9.17, 15) is 4.79 Å². The van der Waals surface area contributed by atoms with Gasteiger partial charge >= 0.3 is 5.97 Å². The van der Waals surface area contributed by atoms with Crippen LogP contribution in [-0.2, 0) is 4.79 Å². The van der Waals surface area contributed by atoms with Crippen LogP contribution in [0.15, 0.2) is 23.5 Å². The molecule has 1 aliphatic heterocycles. The van der Waals surface area contributed by atoms with Crippen molar-refractivity contribution in [1.29, 1.82) is 0 Å². The van der Waals surface area contributed by atoms with Crippen LogP contribution in [0.2, 0.25) is 0 Å². The molecular formula is C18H25N5O2S. The SMILES string of the molecule is NC1CCCC12CCN(c1ncc(SCCC(=O)O)c3nccn13)CC2. The Morgan fingerprint density at radius 2 is 2.15 bits per heavy atom. The summed E-state index contributed by atoms with van der Waals surface area (Å²) in [4.78, 5) is 23.1. The van der Waals surface area contributed by atoms with E-state index in [0.717, 1.165) is 48.8 Å². The fourth-order valence-electron chi connectivity index (χ4n) is 4.41. The van der Waals surface area contributed by atoms with E-state index in [1.165, 1.54) is 24.6 Å². The average Bonchev–Trinajstić information content (AvgIpc) is 3.24. The zero-order valence-corrected chi connectivity index (χ0v) is 15.6. The summed E-state index contributed by atoms with van der Waals surface area (Å²) in [6, 6.07) is 0.346. The summed E-state index contributed by atoms with van der Waals surface area (Å²) in [6.07, 6.45) is 11.6. The second-order valence-corrected chi connectivity index (χ2v) is 8.52. The van der Waals surface area contributed by atoms with Gasteiger partial charge in [0.1, 0.15) is 0 Å². The molecule has 0 amide bonds. The first-order valence-electron chi connectivity index (χ1n) is 9.26. The van der Waals surface area contributed by atoms with Gasteiger partial charge in [0.2, 0.25) is 5.95 Å². The molecule has 1 aliphatic carbocycles. The molecule has 3 heterocycles. The van der Waals surface area contributed by atoms with Crippen LogP contribution in [0, 0.1) is 5.41 Å². The molecule has 1 saturated heterocycles. The van der Waals surface area contributed by atoms with E-state index in [4.69, 9.17) is 10.8 Å². The third-order valence-electron chi connectivity index (χ3n) is 5.97. The molecule has 1 unspecified atom stereocenters. The predicted molar refractivity (Wildman–Crippen MR) is 102 cm³/mol. The number of aromatic nitrogens is 3. The molecule has 1 saturated carbocycles. The Labute approximate surface area is 157 Å². The van der Waals surface area contributed by atoms with E-state index in [1.54, 1.807) is 6.20 Å². The molecular weight excluding hydrogens is 350 g/mol. The standard InChI is InChI=1S/C18H25N5O2S/c19-14-2-1-4-18(14)5-8-22(9-6-18)17-21-12-13(26-11-3-15(24)25)16-20-7-10-23(16)17/h7,10,12,14H,1-6,8-9,11,19H2,(H,24,25). The second kappa shape index (κ2) is 7.08. The fourth-order valence-corrected chi connectivity index (χ4v) is 5.31. The molecule has 3 N–H and O–H groups in total. The van der Waals surface area contributed by atoms with E-state index in [1.807, 2.05) is 16.8 Å². The highest BCUT2D eigenvalue weighted by molar-refractivity contribution is 7.99. The number of hydrogen-bond donors (Lipinski definition) is 2. The molecule has 2 aromatic heterocycles. The van der Waals surface area contributed by atoms with Gasteiger partial charge in [-0.25, -0.2) is 9.97 Å². The first-order valence-corrected chi connectivity index (χ1v) is 10.2. The maximum atomic E-state index is 10.7. The van der Waals surface area contributed by atoms with Crippen LogP contribution in [0.4, 0.5) is 5.95 Å². The number of piperidine rings is 1. The maximum absolute atomic E-state index is 10.7. The van der Waals surface area contributed by atoms with E-state index >= 15 is 0 Å². The summed E-state index contributed by atoms with van der Waals surface area (Å²) in [5.41, 5.74) is 7.58. The van der Waals surface area contributed by atoms with Crippen molar-refractivity contribution in [2.75, 3.05) is 23.7 Å². The van der Waals surface area contributed by atoms with Gasteiger partial charge in [-0.05, 0) is 31.1 Å². The number of fused-ring (bicyclic) bond motifs is 1. The van der Waals surface area contributed by atoms with Crippen LogP contribution in [0.3, 0.4) is 0 Å². The highest BCUT2D eigenvalue weighted by Gasteiger charge is 2.43. The lowest BCUT2D eigenvalue weighted by Crippen LogP contribution is -2.47. The Kier molecular flexibility index (Phi) is 4.79. The topological polar surface area (TPSA) is 96.8 Å². The van der Waals surface area contributed by atoms with Gasteiger partial charge in [0.15, 0.2) is 5.65 Å². The fraction of sp³-hybridized carbons (Fsp3) is 0.611. The average molecular weight is 375 g/mol. The molecule has 0 bridgehead atoms. The van der Waals surface area contributed by atoms with Gasteiger partial charge in [-0.2, -0.15) is 0 Å². The minimum absolute atomic E-state index is 0.133. The number of hydrogen-bond acceptors (Lipinski definition) is 6. The van der Waals surface area contributed by atoms with E-state index in [-0.39, 0.29) is 6.42 Å². The molecule has 8 heteroatoms. The van der Waals surface area contributed by atoms with Crippen molar-refractivity contribution in [1.82, 2.24) is 14.4 Å². The molecule has 140 valence electrons. The third kappa shape index (κ3) is 3.16. The first-order chi connectivity index (χ1) is 12.6. The molecule has 0 radical (unpaired) electrons. The van der Waals surface area contributed by atoms with Crippen molar-refractivity contribution in [2.24, 2.45) is 11.1 Å². The first kappa shape index (κ1) is 17.6. The van der Waals surface area contributed by atoms with Crippen molar-refractivity contribution < 1.29 is 9.90 Å². The number of rotatable bonds is 5. The lowest BCUT2D eigenvalue weighted by atomic mass is 9.74. The van der Waals surface area contributed by atoms with E-state index < -0.39 is 5.97 Å². The number of carboxylic acid groups (broad SMARTS) is 1. The number of aliphatic carboxylic acids is 1. The summed E-state index contributed by atoms with van der Waals surface area (Å²) in [7, 11) is 0. The quantitative estimate of drug-likeness (QED) is 0.775. The number of imidazole rings is 1. The number of nitrogens with two attached hydrogens (primary N) is 1. The van der Waals surface area contributed by atoms with Crippen LogP contribution < -0.4 is 10.6 Å². The Balaban J connectivity index is 1.51. The maximum Gasteiger partial charge on any atom is 0.304 e. The van der Waals surface area contributed by atoms with Crippen molar-refractivity contribution in [3.05, 3.63) is 18.6 Å². The Morgan fingerprint density at radius 3 is 2.85 bits per heavy atom. The van der Waals surface area contributed by atoms with Crippen molar-refractivity contribution in [3.8, 4) is 0 Å². The van der Waals surface area contributed by atoms with Gasteiger partial charge in [0, 0.05) is 43.5 Å². The summed E-state index contributed by atoms with van der Waals surface area (Å²) < 4.78 is 2.02. The molecule has 2 aliphatic rings. The molecule has 2 aromatic rings. The van der Waals surface area contributed by atoms with Gasteiger partial charge in [0.25, 0.3) is 0 Å². The molecule has 4 rings (SSSR count). The number of anilines is 1. The zero-order valence-electron chi connectivity index (χ0n) is 14.8. The normalized spacial score (nSPS) is 22.3. The highest BCUT2D eigenvalue weighted by atomic mass is 32.2. The number of nitrogens with zero attached hydrogens (tertiary/aromatic N) is 4. The van der Waals surface area contributed by atoms with E-state index in [2.05, 4.69) is 14.9 Å². The van der Waals surface area contributed by atoms with Crippen LogP contribution in [0.5, 0.6) is 0 Å². The van der Waals surface area contributed by atoms with Crippen LogP contribution >= 0.6 is 11.8 Å². The minimum atomic E-state index is -0.784. The summed E-state index contributed by atoms with van der Waals surface area (Å²) in [5, 5.41) is 8.82. The van der Waals surface area contributed by atoms with Crippen molar-refractivity contribution in [3.63, 3.8) is 0 Å². The van der Waals surface area contributed by atoms with Crippen molar-refractivity contribution in [2.45, 2.75) is 49.5 Å². The molecule has 1 atom stereocenters. The van der Waals surface area contributed by atoms with Crippen LogP contribution in [-0.4, -0.2) is 50.3 Å². The van der Waals surface area contributed by atoms with E-state index in [0.29, 0.717) is 17.2 Å². The largest absolute Gasteiger partial charge is 0.481 e. The zero-order chi connectivity index (χ0) is 18.1. The Morgan fingerprint density at radius 1 is 1.35 bits per heavy atom. The number of thioether (sulfide) groups is 1. The molecule has 0 aromatic carbocycles. The van der Waals surface area contributed by atoms with Gasteiger partial charge < -0.3 is 15.7 Å². The summed E-state index contributed by atoms with van der Waals surface area (Å²) in [6.45, 7) is 1.94. The molecule has 2 fully saturated rings. The monoisotopic (exact) mass is 375 g/mol. The van der Waals surface area contributed by atoms with Crippen LogP contribution in [0.1, 0.15) is 38.5 Å². The Bertz CT molecular complexity index is 800.